The first kappa shape index (κ1) is 11.4. The van der Waals surface area contributed by atoms with Crippen LogP contribution in [0.15, 0.2) is 0 Å². The molecule has 72 valence electrons. The van der Waals surface area contributed by atoms with Gasteiger partial charge in [0.25, 0.3) is 0 Å². The van der Waals surface area contributed by atoms with E-state index in [1.165, 1.54) is 0 Å². The molecule has 0 fully saturated rings. The van der Waals surface area contributed by atoms with Crippen LogP contribution in [0.3, 0.4) is 0 Å². The van der Waals surface area contributed by atoms with Crippen LogP contribution in [-0.4, -0.2) is 23.8 Å². The van der Waals surface area contributed by atoms with Crippen molar-refractivity contribution in [1.82, 2.24) is 0 Å². The highest BCUT2D eigenvalue weighted by Crippen LogP contribution is 2.04. The van der Waals surface area contributed by atoms with Crippen molar-refractivity contribution in [2.45, 2.75) is 45.6 Å². The Labute approximate surface area is 73.7 Å². The zero-order chi connectivity index (χ0) is 9.40. The first-order chi connectivity index (χ1) is 5.72. The number of unbranched alkanes of at least 4 members (excludes halogenated alkanes) is 2. The van der Waals surface area contributed by atoms with Crippen LogP contribution in [0.4, 0.5) is 0 Å². The molecule has 0 bridgehead atoms. The quantitative estimate of drug-likeness (QED) is 0.490. The van der Waals surface area contributed by atoms with Crippen LogP contribution in [-0.2, 0) is 9.53 Å². The number of aliphatic hydroxyl groups excluding tert-OH is 1. The smallest absolute Gasteiger partial charge is 0.334 e. The Kier molecular flexibility index (Phi) is 6.76. The van der Waals surface area contributed by atoms with E-state index >= 15 is 0 Å². The molecule has 0 aromatic carbocycles. The molecule has 0 aromatic rings. The van der Waals surface area contributed by atoms with Crippen molar-refractivity contribution in [2.75, 3.05) is 6.61 Å². The molecular formula is C9H18O3. The molecule has 0 aliphatic rings. The van der Waals surface area contributed by atoms with Crippen molar-refractivity contribution >= 4 is 5.97 Å². The second kappa shape index (κ2) is 7.10. The Bertz CT molecular complexity index is 123. The van der Waals surface area contributed by atoms with Gasteiger partial charge in [-0.3, -0.25) is 0 Å². The molecular weight excluding hydrogens is 156 g/mol. The maximum Gasteiger partial charge on any atom is 0.334 e. The van der Waals surface area contributed by atoms with Crippen LogP contribution >= 0.6 is 0 Å². The molecule has 0 aromatic heterocycles. The van der Waals surface area contributed by atoms with Gasteiger partial charge < -0.3 is 9.84 Å². The van der Waals surface area contributed by atoms with Crippen LogP contribution in [0.25, 0.3) is 0 Å². The van der Waals surface area contributed by atoms with E-state index in [4.69, 9.17) is 0 Å². The Morgan fingerprint density at radius 1 is 1.42 bits per heavy atom. The summed E-state index contributed by atoms with van der Waals surface area (Å²) in [6.45, 7) is 4.15. The molecule has 1 unspecified atom stereocenters. The molecule has 0 saturated carbocycles. The Balaban J connectivity index is 3.42. The third-order valence-electron chi connectivity index (χ3n) is 1.64. The number of aliphatic hydroxyl groups is 1. The molecule has 0 aliphatic carbocycles. The molecule has 0 heterocycles. The SMILES string of the molecule is CCCCCC(O)C(=O)OCC. The van der Waals surface area contributed by atoms with Gasteiger partial charge in [-0.2, -0.15) is 0 Å². The van der Waals surface area contributed by atoms with Gasteiger partial charge in [-0.05, 0) is 13.3 Å². The molecule has 0 spiro atoms. The number of hydrogen-bond donors (Lipinski definition) is 1. The van der Waals surface area contributed by atoms with Crippen molar-refractivity contribution in [1.29, 1.82) is 0 Å². The molecule has 1 N–H and O–H groups in total. The van der Waals surface area contributed by atoms with Crippen molar-refractivity contribution in [2.24, 2.45) is 0 Å². The van der Waals surface area contributed by atoms with Crippen LogP contribution in [0.1, 0.15) is 39.5 Å². The summed E-state index contributed by atoms with van der Waals surface area (Å²) in [6, 6.07) is 0. The van der Waals surface area contributed by atoms with Crippen molar-refractivity contribution in [3.8, 4) is 0 Å². The number of rotatable bonds is 6. The Morgan fingerprint density at radius 3 is 2.58 bits per heavy atom. The normalized spacial score (nSPS) is 12.6. The maximum absolute atomic E-state index is 10.9. The molecule has 0 saturated heterocycles. The number of ether oxygens (including phenoxy) is 1. The van der Waals surface area contributed by atoms with Crippen LogP contribution < -0.4 is 0 Å². The van der Waals surface area contributed by atoms with Crippen molar-refractivity contribution in [3.63, 3.8) is 0 Å². The maximum atomic E-state index is 10.9. The Morgan fingerprint density at radius 2 is 2.08 bits per heavy atom. The number of hydrogen-bond acceptors (Lipinski definition) is 3. The van der Waals surface area contributed by atoms with Gasteiger partial charge in [-0.15, -0.1) is 0 Å². The van der Waals surface area contributed by atoms with Gasteiger partial charge in [-0.25, -0.2) is 4.79 Å². The summed E-state index contributed by atoms with van der Waals surface area (Å²) in [4.78, 5) is 10.9. The van der Waals surface area contributed by atoms with E-state index in [1.807, 2.05) is 0 Å². The minimum atomic E-state index is -0.920. The molecule has 0 amide bonds. The first-order valence-corrected chi connectivity index (χ1v) is 4.57. The second-order valence-corrected chi connectivity index (χ2v) is 2.76. The average molecular weight is 174 g/mol. The van der Waals surface area contributed by atoms with Crippen LogP contribution in [0, 0.1) is 0 Å². The number of esters is 1. The van der Waals surface area contributed by atoms with E-state index < -0.39 is 12.1 Å². The average Bonchev–Trinajstić information content (AvgIpc) is 2.05. The summed E-state index contributed by atoms with van der Waals surface area (Å²) < 4.78 is 4.65. The van der Waals surface area contributed by atoms with Crippen molar-refractivity contribution < 1.29 is 14.6 Å². The molecule has 1 atom stereocenters. The zero-order valence-corrected chi connectivity index (χ0v) is 7.88. The van der Waals surface area contributed by atoms with Crippen LogP contribution in [0.5, 0.6) is 0 Å². The third kappa shape index (κ3) is 5.13. The fourth-order valence-electron chi connectivity index (χ4n) is 0.944. The third-order valence-corrected chi connectivity index (χ3v) is 1.64. The lowest BCUT2D eigenvalue weighted by Gasteiger charge is -2.08. The minimum absolute atomic E-state index is 0.337. The summed E-state index contributed by atoms with van der Waals surface area (Å²) in [6.07, 6.45) is 2.63. The van der Waals surface area contributed by atoms with Crippen LogP contribution in [0.2, 0.25) is 0 Å². The molecule has 3 heteroatoms. The molecule has 0 radical (unpaired) electrons. The van der Waals surface area contributed by atoms with Crippen molar-refractivity contribution in [3.05, 3.63) is 0 Å². The molecule has 0 rings (SSSR count). The lowest BCUT2D eigenvalue weighted by Crippen LogP contribution is -2.22. The van der Waals surface area contributed by atoms with E-state index in [-0.39, 0.29) is 0 Å². The Hall–Kier alpha value is -0.570. The van der Waals surface area contributed by atoms with Gasteiger partial charge in [0.1, 0.15) is 0 Å². The van der Waals surface area contributed by atoms with Gasteiger partial charge >= 0.3 is 5.97 Å². The monoisotopic (exact) mass is 174 g/mol. The largest absolute Gasteiger partial charge is 0.464 e. The van der Waals surface area contributed by atoms with Gasteiger partial charge in [0.05, 0.1) is 6.61 Å². The van der Waals surface area contributed by atoms with E-state index in [0.717, 1.165) is 19.3 Å². The molecule has 12 heavy (non-hydrogen) atoms. The van der Waals surface area contributed by atoms with E-state index in [9.17, 15) is 9.90 Å². The van der Waals surface area contributed by atoms with Gasteiger partial charge in [0, 0.05) is 0 Å². The lowest BCUT2D eigenvalue weighted by molar-refractivity contribution is -0.153. The van der Waals surface area contributed by atoms with Gasteiger partial charge in [0.2, 0.25) is 0 Å². The number of carbonyl (C=O) groups is 1. The van der Waals surface area contributed by atoms with E-state index in [0.29, 0.717) is 13.0 Å². The highest BCUT2D eigenvalue weighted by Gasteiger charge is 2.14. The predicted molar refractivity (Wildman–Crippen MR) is 46.8 cm³/mol. The first-order valence-electron chi connectivity index (χ1n) is 4.57. The van der Waals surface area contributed by atoms with Gasteiger partial charge in [-0.1, -0.05) is 26.2 Å². The topological polar surface area (TPSA) is 46.5 Å². The summed E-state index contributed by atoms with van der Waals surface area (Å²) >= 11 is 0. The zero-order valence-electron chi connectivity index (χ0n) is 7.88. The predicted octanol–water partition coefficient (Wildman–Crippen LogP) is 1.49. The minimum Gasteiger partial charge on any atom is -0.464 e. The fourth-order valence-corrected chi connectivity index (χ4v) is 0.944. The van der Waals surface area contributed by atoms with Gasteiger partial charge in [0.15, 0.2) is 6.10 Å². The number of carbonyl (C=O) groups excluding carboxylic acids is 1. The standard InChI is InChI=1S/C9H18O3/c1-3-5-6-7-8(10)9(11)12-4-2/h8,10H,3-7H2,1-2H3. The summed E-state index contributed by atoms with van der Waals surface area (Å²) in [5.41, 5.74) is 0. The highest BCUT2D eigenvalue weighted by molar-refractivity contribution is 5.74. The van der Waals surface area contributed by atoms with E-state index in [2.05, 4.69) is 11.7 Å². The molecule has 3 nitrogen and oxygen atoms in total. The fraction of sp³-hybridized carbons (Fsp3) is 0.889. The summed E-state index contributed by atoms with van der Waals surface area (Å²) in [7, 11) is 0. The highest BCUT2D eigenvalue weighted by atomic mass is 16.5. The lowest BCUT2D eigenvalue weighted by atomic mass is 10.1. The molecule has 0 aliphatic heterocycles. The van der Waals surface area contributed by atoms with E-state index in [1.54, 1.807) is 6.92 Å². The summed E-state index contributed by atoms with van der Waals surface area (Å²) in [5.74, 6) is -0.492. The summed E-state index contributed by atoms with van der Waals surface area (Å²) in [5, 5.41) is 9.20. The second-order valence-electron chi connectivity index (χ2n) is 2.76.